The molecule has 0 saturated heterocycles. The van der Waals surface area contributed by atoms with Crippen LogP contribution in [0, 0.1) is 13.8 Å². The monoisotopic (exact) mass is 384 g/mol. The molecule has 1 heterocycles. The summed E-state index contributed by atoms with van der Waals surface area (Å²) in [5.41, 5.74) is 7.04. The fraction of sp³-hybridized carbons (Fsp3) is 0.125. The Labute approximate surface area is 168 Å². The molecular formula is C24H20N2O3. The first-order valence-corrected chi connectivity index (χ1v) is 9.24. The lowest BCUT2D eigenvalue weighted by Gasteiger charge is -2.01. The van der Waals surface area contributed by atoms with Crippen molar-refractivity contribution in [3.05, 3.63) is 82.9 Å². The van der Waals surface area contributed by atoms with Crippen molar-refractivity contribution >= 4 is 29.0 Å². The van der Waals surface area contributed by atoms with Gasteiger partial charge in [-0.05, 0) is 73.0 Å². The third kappa shape index (κ3) is 3.94. The van der Waals surface area contributed by atoms with Crippen LogP contribution in [0.15, 0.2) is 70.1 Å². The van der Waals surface area contributed by atoms with E-state index < -0.39 is 0 Å². The SMILES string of the molecule is COC(=O)c1ccc(C=Nc2ccc3oc(-c4ccc(C)c(C)c4)nc3c2)cc1. The van der Waals surface area contributed by atoms with E-state index in [9.17, 15) is 4.79 Å². The summed E-state index contributed by atoms with van der Waals surface area (Å²) in [5.74, 6) is 0.243. The summed E-state index contributed by atoms with van der Waals surface area (Å²) in [4.78, 5) is 20.6. The molecule has 0 bridgehead atoms. The highest BCUT2D eigenvalue weighted by Gasteiger charge is 2.09. The number of methoxy groups -OCH3 is 1. The van der Waals surface area contributed by atoms with Crippen LogP contribution in [-0.2, 0) is 4.74 Å². The van der Waals surface area contributed by atoms with Crippen molar-refractivity contribution < 1.29 is 13.9 Å². The number of carbonyl (C=O) groups excluding carboxylic acids is 1. The van der Waals surface area contributed by atoms with E-state index in [-0.39, 0.29) is 5.97 Å². The topological polar surface area (TPSA) is 64.7 Å². The molecule has 0 atom stereocenters. The number of rotatable bonds is 4. The number of hydrogen-bond donors (Lipinski definition) is 0. The average molecular weight is 384 g/mol. The number of esters is 1. The number of ether oxygens (including phenoxy) is 1. The summed E-state index contributed by atoms with van der Waals surface area (Å²) >= 11 is 0. The second-order valence-corrected chi connectivity index (χ2v) is 6.84. The van der Waals surface area contributed by atoms with E-state index in [0.717, 1.165) is 27.9 Å². The van der Waals surface area contributed by atoms with Gasteiger partial charge in [0.1, 0.15) is 5.52 Å². The Kier molecular flexibility index (Phi) is 4.96. The molecule has 5 heteroatoms. The van der Waals surface area contributed by atoms with E-state index in [1.54, 1.807) is 18.3 Å². The van der Waals surface area contributed by atoms with Crippen molar-refractivity contribution in [3.63, 3.8) is 0 Å². The zero-order valence-electron chi connectivity index (χ0n) is 16.5. The first-order chi connectivity index (χ1) is 14.0. The predicted octanol–water partition coefficient (Wildman–Crippen LogP) is 5.65. The number of hydrogen-bond acceptors (Lipinski definition) is 5. The first kappa shape index (κ1) is 18.6. The minimum atomic E-state index is -0.357. The van der Waals surface area contributed by atoms with Gasteiger partial charge >= 0.3 is 5.97 Å². The molecule has 0 saturated carbocycles. The minimum Gasteiger partial charge on any atom is -0.465 e. The Morgan fingerprint density at radius 1 is 1.00 bits per heavy atom. The van der Waals surface area contributed by atoms with Gasteiger partial charge in [-0.3, -0.25) is 4.99 Å². The van der Waals surface area contributed by atoms with Crippen molar-refractivity contribution in [2.24, 2.45) is 4.99 Å². The largest absolute Gasteiger partial charge is 0.465 e. The van der Waals surface area contributed by atoms with Crippen LogP contribution in [0.4, 0.5) is 5.69 Å². The maximum Gasteiger partial charge on any atom is 0.337 e. The number of aliphatic imine (C=N–C) groups is 1. The van der Waals surface area contributed by atoms with Gasteiger partial charge in [0.15, 0.2) is 5.58 Å². The van der Waals surface area contributed by atoms with Crippen LogP contribution >= 0.6 is 0 Å². The lowest BCUT2D eigenvalue weighted by molar-refractivity contribution is 0.0600. The van der Waals surface area contributed by atoms with Gasteiger partial charge in [-0.25, -0.2) is 9.78 Å². The predicted molar refractivity (Wildman–Crippen MR) is 114 cm³/mol. The Bertz CT molecular complexity index is 1220. The molecule has 0 unspecified atom stereocenters. The highest BCUT2D eigenvalue weighted by Crippen LogP contribution is 2.28. The normalized spacial score (nSPS) is 11.3. The fourth-order valence-corrected chi connectivity index (χ4v) is 2.97. The van der Waals surface area contributed by atoms with Crippen LogP contribution < -0.4 is 0 Å². The zero-order valence-corrected chi connectivity index (χ0v) is 16.5. The Morgan fingerprint density at radius 3 is 2.52 bits per heavy atom. The smallest absolute Gasteiger partial charge is 0.337 e. The maximum atomic E-state index is 11.5. The molecule has 0 radical (unpaired) electrons. The van der Waals surface area contributed by atoms with Crippen molar-refractivity contribution in [1.82, 2.24) is 4.98 Å². The number of fused-ring (bicyclic) bond motifs is 1. The molecule has 144 valence electrons. The Balaban J connectivity index is 1.58. The third-order valence-corrected chi connectivity index (χ3v) is 4.82. The van der Waals surface area contributed by atoms with E-state index >= 15 is 0 Å². The van der Waals surface area contributed by atoms with E-state index in [2.05, 4.69) is 36.0 Å². The fourth-order valence-electron chi connectivity index (χ4n) is 2.97. The van der Waals surface area contributed by atoms with Crippen LogP contribution in [0.25, 0.3) is 22.6 Å². The Hall–Kier alpha value is -3.73. The zero-order chi connectivity index (χ0) is 20.4. The molecule has 0 amide bonds. The molecule has 0 fully saturated rings. The van der Waals surface area contributed by atoms with Crippen LogP contribution in [0.3, 0.4) is 0 Å². The summed E-state index contributed by atoms with van der Waals surface area (Å²) in [6.45, 7) is 4.16. The number of aromatic nitrogens is 1. The molecule has 0 aliphatic heterocycles. The van der Waals surface area contributed by atoms with Crippen molar-refractivity contribution in [2.75, 3.05) is 7.11 Å². The van der Waals surface area contributed by atoms with Gasteiger partial charge in [0.2, 0.25) is 5.89 Å². The molecule has 0 N–H and O–H groups in total. The van der Waals surface area contributed by atoms with Crippen LogP contribution in [0.5, 0.6) is 0 Å². The van der Waals surface area contributed by atoms with Crippen LogP contribution in [-0.4, -0.2) is 24.3 Å². The summed E-state index contributed by atoms with van der Waals surface area (Å²) in [5, 5.41) is 0. The first-order valence-electron chi connectivity index (χ1n) is 9.24. The van der Waals surface area contributed by atoms with E-state index in [1.165, 1.54) is 18.2 Å². The van der Waals surface area contributed by atoms with Gasteiger partial charge in [0.25, 0.3) is 0 Å². The minimum absolute atomic E-state index is 0.357. The highest BCUT2D eigenvalue weighted by molar-refractivity contribution is 5.91. The second-order valence-electron chi connectivity index (χ2n) is 6.84. The number of benzene rings is 3. The number of carbonyl (C=O) groups is 1. The Morgan fingerprint density at radius 2 is 1.79 bits per heavy atom. The third-order valence-electron chi connectivity index (χ3n) is 4.82. The van der Waals surface area contributed by atoms with Gasteiger partial charge in [-0.1, -0.05) is 18.2 Å². The van der Waals surface area contributed by atoms with Gasteiger partial charge in [0.05, 0.1) is 18.4 Å². The van der Waals surface area contributed by atoms with Crippen molar-refractivity contribution in [3.8, 4) is 11.5 Å². The summed E-state index contributed by atoms with van der Waals surface area (Å²) in [7, 11) is 1.36. The van der Waals surface area contributed by atoms with Gasteiger partial charge in [-0.15, -0.1) is 0 Å². The van der Waals surface area contributed by atoms with Crippen molar-refractivity contribution in [2.45, 2.75) is 13.8 Å². The second kappa shape index (κ2) is 7.72. The molecule has 0 spiro atoms. The quantitative estimate of drug-likeness (QED) is 0.337. The number of aryl methyl sites for hydroxylation is 2. The number of oxazole rings is 1. The molecule has 29 heavy (non-hydrogen) atoms. The highest BCUT2D eigenvalue weighted by atomic mass is 16.5. The van der Waals surface area contributed by atoms with Crippen molar-refractivity contribution in [1.29, 1.82) is 0 Å². The molecule has 0 aliphatic carbocycles. The van der Waals surface area contributed by atoms with Gasteiger partial charge in [-0.2, -0.15) is 0 Å². The molecule has 1 aromatic heterocycles. The molecule has 0 aliphatic rings. The van der Waals surface area contributed by atoms with Gasteiger partial charge < -0.3 is 9.15 Å². The summed E-state index contributed by atoms with van der Waals surface area (Å²) < 4.78 is 10.6. The number of nitrogens with zero attached hydrogens (tertiary/aromatic N) is 2. The summed E-state index contributed by atoms with van der Waals surface area (Å²) in [6.07, 6.45) is 1.74. The molecule has 4 rings (SSSR count). The van der Waals surface area contributed by atoms with E-state index in [0.29, 0.717) is 11.5 Å². The maximum absolute atomic E-state index is 11.5. The summed E-state index contributed by atoms with van der Waals surface area (Å²) in [6, 6.07) is 18.9. The molecule has 4 aromatic rings. The molecule has 3 aromatic carbocycles. The molecular weight excluding hydrogens is 364 g/mol. The standard InChI is InChI=1S/C24H20N2O3/c1-15-4-7-19(12-16(15)2)23-26-21-13-20(10-11-22(21)29-23)25-14-17-5-8-18(9-6-17)24(27)28-3/h4-14H,1-3H3. The lowest BCUT2D eigenvalue weighted by atomic mass is 10.1. The van der Waals surface area contributed by atoms with E-state index in [4.69, 9.17) is 9.15 Å². The van der Waals surface area contributed by atoms with Crippen LogP contribution in [0.2, 0.25) is 0 Å². The molecule has 5 nitrogen and oxygen atoms in total. The van der Waals surface area contributed by atoms with E-state index in [1.807, 2.05) is 36.4 Å². The average Bonchev–Trinajstić information content (AvgIpc) is 3.17. The lowest BCUT2D eigenvalue weighted by Crippen LogP contribution is -2.00. The van der Waals surface area contributed by atoms with Gasteiger partial charge in [0, 0.05) is 11.8 Å². The van der Waals surface area contributed by atoms with Crippen LogP contribution in [0.1, 0.15) is 27.0 Å².